The summed E-state index contributed by atoms with van der Waals surface area (Å²) in [6, 6.07) is 14.4. The molecule has 1 amide bonds. The molecule has 2 aromatic heterocycles. The summed E-state index contributed by atoms with van der Waals surface area (Å²) in [5.74, 6) is 0.370. The van der Waals surface area contributed by atoms with Crippen molar-refractivity contribution in [1.29, 1.82) is 0 Å². The lowest BCUT2D eigenvalue weighted by Crippen LogP contribution is -2.26. The van der Waals surface area contributed by atoms with Crippen LogP contribution in [-0.4, -0.2) is 15.5 Å². The highest BCUT2D eigenvalue weighted by Gasteiger charge is 2.17. The molecule has 0 saturated heterocycles. The van der Waals surface area contributed by atoms with Gasteiger partial charge in [-0.05, 0) is 42.2 Å². The first-order chi connectivity index (χ1) is 14.0. The highest BCUT2D eigenvalue weighted by molar-refractivity contribution is 7.18. The van der Waals surface area contributed by atoms with Crippen LogP contribution < -0.4 is 11.3 Å². The minimum Gasteiger partial charge on any atom is -0.370 e. The number of thiophene rings is 1. The van der Waals surface area contributed by atoms with E-state index >= 15 is 0 Å². The molecule has 0 fully saturated rings. The molecule has 4 rings (SSSR count). The van der Waals surface area contributed by atoms with Crippen molar-refractivity contribution >= 4 is 38.2 Å². The van der Waals surface area contributed by atoms with Gasteiger partial charge in [-0.15, -0.1) is 11.3 Å². The maximum Gasteiger partial charge on any atom is 0.262 e. The van der Waals surface area contributed by atoms with Gasteiger partial charge in [-0.3, -0.25) is 14.2 Å². The largest absolute Gasteiger partial charge is 0.370 e. The minimum atomic E-state index is -0.356. The van der Waals surface area contributed by atoms with Gasteiger partial charge < -0.3 is 5.73 Å². The number of hydrogen-bond acceptors (Lipinski definition) is 4. The van der Waals surface area contributed by atoms with E-state index in [1.165, 1.54) is 0 Å². The predicted octanol–water partition coefficient (Wildman–Crippen LogP) is 4.08. The molecule has 2 N–H and O–H groups in total. The van der Waals surface area contributed by atoms with Crippen molar-refractivity contribution < 1.29 is 4.79 Å². The lowest BCUT2D eigenvalue weighted by Gasteiger charge is -2.14. The fourth-order valence-electron chi connectivity index (χ4n) is 3.76. The lowest BCUT2D eigenvalue weighted by atomic mass is 10.0. The Bertz CT molecular complexity index is 1280. The molecule has 0 atom stereocenters. The average Bonchev–Trinajstić information content (AvgIpc) is 2.98. The van der Waals surface area contributed by atoms with Crippen molar-refractivity contribution in [1.82, 2.24) is 9.55 Å². The third kappa shape index (κ3) is 3.68. The number of amides is 1. The van der Waals surface area contributed by atoms with E-state index in [-0.39, 0.29) is 17.9 Å². The van der Waals surface area contributed by atoms with Crippen LogP contribution in [0.1, 0.15) is 34.7 Å². The fraction of sp³-hybridized carbons (Fsp3) is 0.261. The van der Waals surface area contributed by atoms with Crippen LogP contribution >= 0.6 is 11.3 Å². The van der Waals surface area contributed by atoms with Gasteiger partial charge in [-0.1, -0.05) is 42.5 Å². The van der Waals surface area contributed by atoms with E-state index < -0.39 is 0 Å². The van der Waals surface area contributed by atoms with Crippen LogP contribution in [0.4, 0.5) is 0 Å². The second-order valence-electron chi connectivity index (χ2n) is 7.33. The Balaban J connectivity index is 1.85. The van der Waals surface area contributed by atoms with Gasteiger partial charge in [0.15, 0.2) is 0 Å². The predicted molar refractivity (Wildman–Crippen MR) is 119 cm³/mol. The molecule has 0 aliphatic carbocycles. The Labute approximate surface area is 172 Å². The summed E-state index contributed by atoms with van der Waals surface area (Å²) in [6.45, 7) is 4.41. The number of fused-ring (bicyclic) bond motifs is 2. The summed E-state index contributed by atoms with van der Waals surface area (Å²) in [6.07, 6.45) is 1.33. The summed E-state index contributed by atoms with van der Waals surface area (Å²) >= 11 is 1.56. The third-order valence-corrected chi connectivity index (χ3v) is 6.50. The number of carbonyl (C=O) groups excluding carboxylic acids is 1. The molecular formula is C23H23N3O2S. The summed E-state index contributed by atoms with van der Waals surface area (Å²) in [5.41, 5.74) is 7.38. The molecular weight excluding hydrogens is 382 g/mol. The number of benzene rings is 2. The van der Waals surface area contributed by atoms with E-state index in [2.05, 4.69) is 24.3 Å². The van der Waals surface area contributed by atoms with Crippen LogP contribution in [0.25, 0.3) is 21.0 Å². The molecule has 0 radical (unpaired) electrons. The summed E-state index contributed by atoms with van der Waals surface area (Å²) in [7, 11) is 0. The first-order valence-electron chi connectivity index (χ1n) is 9.70. The highest BCUT2D eigenvalue weighted by atomic mass is 32.1. The van der Waals surface area contributed by atoms with Crippen LogP contribution in [-0.2, 0) is 17.8 Å². The van der Waals surface area contributed by atoms with Gasteiger partial charge in [0.25, 0.3) is 5.56 Å². The molecule has 29 heavy (non-hydrogen) atoms. The zero-order chi connectivity index (χ0) is 20.5. The number of hydrogen-bond donors (Lipinski definition) is 1. The molecule has 6 heteroatoms. The van der Waals surface area contributed by atoms with E-state index in [4.69, 9.17) is 10.7 Å². The second kappa shape index (κ2) is 7.79. The third-order valence-electron chi connectivity index (χ3n) is 5.40. The zero-order valence-corrected chi connectivity index (χ0v) is 17.4. The number of nitrogens with two attached hydrogens (primary N) is 1. The van der Waals surface area contributed by atoms with Crippen LogP contribution in [0.5, 0.6) is 0 Å². The standard InChI is InChI=1S/C23H23N3O2S/c1-14-15(2)29-22-21(14)23(28)26(12-6-11-19(24)27)20(25-22)13-17-9-5-8-16-7-3-4-10-18(16)17/h3-5,7-10H,6,11-13H2,1-2H3,(H2,24,27). The Morgan fingerprint density at radius 3 is 2.69 bits per heavy atom. The topological polar surface area (TPSA) is 78.0 Å². The smallest absolute Gasteiger partial charge is 0.262 e. The number of aromatic nitrogens is 2. The van der Waals surface area contributed by atoms with E-state index in [1.54, 1.807) is 15.9 Å². The zero-order valence-electron chi connectivity index (χ0n) is 16.6. The summed E-state index contributed by atoms with van der Waals surface area (Å²) in [5, 5.41) is 3.01. The average molecular weight is 406 g/mol. The van der Waals surface area contributed by atoms with Gasteiger partial charge in [0.05, 0.1) is 5.39 Å². The highest BCUT2D eigenvalue weighted by Crippen LogP contribution is 2.27. The van der Waals surface area contributed by atoms with Gasteiger partial charge in [0, 0.05) is 24.3 Å². The van der Waals surface area contributed by atoms with Crippen LogP contribution in [0, 0.1) is 13.8 Å². The molecule has 5 nitrogen and oxygen atoms in total. The van der Waals surface area contributed by atoms with Gasteiger partial charge in [-0.25, -0.2) is 4.98 Å². The Morgan fingerprint density at radius 2 is 1.90 bits per heavy atom. The molecule has 0 bridgehead atoms. The van der Waals surface area contributed by atoms with E-state index in [0.717, 1.165) is 37.4 Å². The van der Waals surface area contributed by atoms with Gasteiger partial charge in [0.2, 0.25) is 5.91 Å². The Morgan fingerprint density at radius 1 is 1.14 bits per heavy atom. The van der Waals surface area contributed by atoms with E-state index in [0.29, 0.717) is 24.8 Å². The normalized spacial score (nSPS) is 11.4. The molecule has 148 valence electrons. The SMILES string of the molecule is Cc1sc2nc(Cc3cccc4ccccc34)n(CCCC(N)=O)c(=O)c2c1C. The van der Waals surface area contributed by atoms with Gasteiger partial charge >= 0.3 is 0 Å². The maximum absolute atomic E-state index is 13.3. The van der Waals surface area contributed by atoms with Gasteiger partial charge in [-0.2, -0.15) is 0 Å². The van der Waals surface area contributed by atoms with Crippen LogP contribution in [0.15, 0.2) is 47.3 Å². The second-order valence-corrected chi connectivity index (χ2v) is 8.54. The maximum atomic E-state index is 13.3. The first-order valence-corrected chi connectivity index (χ1v) is 10.5. The lowest BCUT2D eigenvalue weighted by molar-refractivity contribution is -0.118. The molecule has 0 saturated carbocycles. The van der Waals surface area contributed by atoms with E-state index in [9.17, 15) is 9.59 Å². The molecule has 0 aliphatic heterocycles. The fourth-order valence-corrected chi connectivity index (χ4v) is 4.80. The number of primary amides is 1. The van der Waals surface area contributed by atoms with Crippen molar-refractivity contribution in [3.05, 3.63) is 74.6 Å². The van der Waals surface area contributed by atoms with Crippen LogP contribution in [0.3, 0.4) is 0 Å². The van der Waals surface area contributed by atoms with E-state index in [1.807, 2.05) is 32.0 Å². The van der Waals surface area contributed by atoms with Crippen molar-refractivity contribution in [3.63, 3.8) is 0 Å². The molecule has 0 spiro atoms. The molecule has 4 aromatic rings. The van der Waals surface area contributed by atoms with Crippen LogP contribution in [0.2, 0.25) is 0 Å². The minimum absolute atomic E-state index is 0.0310. The molecule has 2 heterocycles. The van der Waals surface area contributed by atoms with Crippen molar-refractivity contribution in [3.8, 4) is 0 Å². The number of aryl methyl sites for hydroxylation is 2. The number of nitrogens with zero attached hydrogens (tertiary/aromatic N) is 2. The molecule has 2 aromatic carbocycles. The summed E-state index contributed by atoms with van der Waals surface area (Å²) in [4.78, 5) is 31.3. The first kappa shape index (κ1) is 19.3. The van der Waals surface area contributed by atoms with Crippen molar-refractivity contribution in [2.24, 2.45) is 5.73 Å². The summed E-state index contributed by atoms with van der Waals surface area (Å²) < 4.78 is 1.73. The number of rotatable bonds is 6. The van der Waals surface area contributed by atoms with Crippen molar-refractivity contribution in [2.45, 2.75) is 39.7 Å². The molecule has 0 aliphatic rings. The Kier molecular flexibility index (Phi) is 5.20. The Hall–Kier alpha value is -2.99. The monoisotopic (exact) mass is 405 g/mol. The van der Waals surface area contributed by atoms with Crippen molar-refractivity contribution in [2.75, 3.05) is 0 Å². The molecule has 0 unspecified atom stereocenters. The van der Waals surface area contributed by atoms with Gasteiger partial charge in [0.1, 0.15) is 10.7 Å². The number of carbonyl (C=O) groups is 1. The quantitative estimate of drug-likeness (QED) is 0.525.